The highest BCUT2D eigenvalue weighted by Crippen LogP contribution is 2.28. The van der Waals surface area contributed by atoms with E-state index in [4.69, 9.17) is 9.47 Å². The number of hydrogen-bond acceptors (Lipinski definition) is 3. The fraction of sp³-hybridized carbons (Fsp3) is 0.667. The summed E-state index contributed by atoms with van der Waals surface area (Å²) < 4.78 is 11.8. The molecule has 1 aliphatic rings. The lowest BCUT2D eigenvalue weighted by molar-refractivity contribution is -0.0145. The summed E-state index contributed by atoms with van der Waals surface area (Å²) in [5.41, 5.74) is 2.71. The van der Waals surface area contributed by atoms with Crippen molar-refractivity contribution in [2.45, 2.75) is 58.6 Å². The van der Waals surface area contributed by atoms with Crippen molar-refractivity contribution in [3.63, 3.8) is 0 Å². The number of likely N-dealkylation sites (N-methyl/N-ethyl adjacent to an activating group) is 1. The van der Waals surface area contributed by atoms with Crippen LogP contribution >= 0.6 is 0 Å². The summed E-state index contributed by atoms with van der Waals surface area (Å²) in [7, 11) is 0. The zero-order valence-corrected chi connectivity index (χ0v) is 14.0. The lowest BCUT2D eigenvalue weighted by Gasteiger charge is -2.33. The van der Waals surface area contributed by atoms with Crippen molar-refractivity contribution in [2.24, 2.45) is 0 Å². The third-order valence-electron chi connectivity index (χ3n) is 4.09. The first-order valence-electron chi connectivity index (χ1n) is 8.00. The maximum atomic E-state index is 6.23. The van der Waals surface area contributed by atoms with Crippen molar-refractivity contribution in [1.29, 1.82) is 0 Å². The SMILES string of the molecule is CCNC1CCOCC1Oc1ccc(C(C)(C)C)cc1C. The summed E-state index contributed by atoms with van der Waals surface area (Å²) in [4.78, 5) is 0. The second-order valence-electron chi connectivity index (χ2n) is 6.91. The van der Waals surface area contributed by atoms with Crippen molar-refractivity contribution < 1.29 is 9.47 Å². The van der Waals surface area contributed by atoms with Crippen LogP contribution in [0.4, 0.5) is 0 Å². The zero-order chi connectivity index (χ0) is 15.5. The van der Waals surface area contributed by atoms with Gasteiger partial charge in [-0.2, -0.15) is 0 Å². The molecule has 0 spiro atoms. The van der Waals surface area contributed by atoms with E-state index in [2.05, 4.69) is 58.1 Å². The smallest absolute Gasteiger partial charge is 0.137 e. The molecule has 2 rings (SSSR count). The second-order valence-corrected chi connectivity index (χ2v) is 6.91. The van der Waals surface area contributed by atoms with Gasteiger partial charge in [0, 0.05) is 12.6 Å². The Labute approximate surface area is 129 Å². The number of hydrogen-bond donors (Lipinski definition) is 1. The summed E-state index contributed by atoms with van der Waals surface area (Å²) in [6, 6.07) is 6.90. The molecule has 3 heteroatoms. The second kappa shape index (κ2) is 6.80. The third kappa shape index (κ3) is 4.21. The van der Waals surface area contributed by atoms with E-state index < -0.39 is 0 Å². The van der Waals surface area contributed by atoms with Gasteiger partial charge in [-0.3, -0.25) is 0 Å². The van der Waals surface area contributed by atoms with Crippen LogP contribution in [0.1, 0.15) is 45.2 Å². The zero-order valence-electron chi connectivity index (χ0n) is 14.0. The van der Waals surface area contributed by atoms with Gasteiger partial charge >= 0.3 is 0 Å². The summed E-state index contributed by atoms with van der Waals surface area (Å²) in [5, 5.41) is 3.50. The molecule has 3 nitrogen and oxygen atoms in total. The van der Waals surface area contributed by atoms with Gasteiger partial charge in [0.2, 0.25) is 0 Å². The van der Waals surface area contributed by atoms with Crippen LogP contribution in [-0.2, 0) is 10.2 Å². The quantitative estimate of drug-likeness (QED) is 0.922. The predicted molar refractivity (Wildman–Crippen MR) is 87.2 cm³/mol. The lowest BCUT2D eigenvalue weighted by atomic mass is 9.86. The highest BCUT2D eigenvalue weighted by Gasteiger charge is 2.27. The number of ether oxygens (including phenoxy) is 2. The molecule has 2 atom stereocenters. The summed E-state index contributed by atoms with van der Waals surface area (Å²) in [5.74, 6) is 0.974. The molecule has 0 aliphatic carbocycles. The van der Waals surface area contributed by atoms with Gasteiger partial charge in [0.15, 0.2) is 0 Å². The Bertz CT molecular complexity index is 463. The molecule has 0 aromatic heterocycles. The van der Waals surface area contributed by atoms with Crippen molar-refractivity contribution in [3.05, 3.63) is 29.3 Å². The van der Waals surface area contributed by atoms with E-state index >= 15 is 0 Å². The van der Waals surface area contributed by atoms with E-state index in [1.807, 2.05) is 0 Å². The summed E-state index contributed by atoms with van der Waals surface area (Å²) in [6.07, 6.45) is 1.11. The first-order chi connectivity index (χ1) is 9.91. The topological polar surface area (TPSA) is 30.5 Å². The van der Waals surface area contributed by atoms with Gasteiger partial charge in [-0.25, -0.2) is 0 Å². The molecule has 1 aromatic rings. The van der Waals surface area contributed by atoms with Gasteiger partial charge in [-0.1, -0.05) is 39.8 Å². The van der Waals surface area contributed by atoms with Crippen molar-refractivity contribution >= 4 is 0 Å². The fourth-order valence-electron chi connectivity index (χ4n) is 2.73. The molecule has 0 radical (unpaired) electrons. The Balaban J connectivity index is 2.11. The molecule has 1 N–H and O–H groups in total. The van der Waals surface area contributed by atoms with Crippen molar-refractivity contribution in [3.8, 4) is 5.75 Å². The first kappa shape index (κ1) is 16.3. The van der Waals surface area contributed by atoms with Crippen LogP contribution < -0.4 is 10.1 Å². The minimum absolute atomic E-state index is 0.0953. The summed E-state index contributed by atoms with van der Waals surface area (Å²) >= 11 is 0. The van der Waals surface area contributed by atoms with Gasteiger partial charge in [0.25, 0.3) is 0 Å². The molecule has 2 unspecified atom stereocenters. The molecule has 1 aromatic carbocycles. The molecule has 21 heavy (non-hydrogen) atoms. The number of nitrogens with one attached hydrogen (secondary N) is 1. The summed E-state index contributed by atoms with van der Waals surface area (Å²) in [6.45, 7) is 13.4. The minimum Gasteiger partial charge on any atom is -0.486 e. The highest BCUT2D eigenvalue weighted by molar-refractivity contribution is 5.39. The van der Waals surface area contributed by atoms with Crippen LogP contribution in [0.3, 0.4) is 0 Å². The average molecular weight is 291 g/mol. The van der Waals surface area contributed by atoms with Crippen LogP contribution in [0.5, 0.6) is 5.75 Å². The van der Waals surface area contributed by atoms with Crippen LogP contribution in [0.15, 0.2) is 18.2 Å². The van der Waals surface area contributed by atoms with Gasteiger partial charge in [-0.15, -0.1) is 0 Å². The van der Waals surface area contributed by atoms with Crippen LogP contribution in [0.25, 0.3) is 0 Å². The largest absolute Gasteiger partial charge is 0.486 e. The molecule has 118 valence electrons. The van der Waals surface area contributed by atoms with Gasteiger partial charge in [-0.05, 0) is 42.5 Å². The number of aryl methyl sites for hydroxylation is 1. The molecule has 0 amide bonds. The first-order valence-corrected chi connectivity index (χ1v) is 8.00. The van der Waals surface area contributed by atoms with E-state index in [1.54, 1.807) is 0 Å². The van der Waals surface area contributed by atoms with Crippen LogP contribution in [-0.4, -0.2) is 31.9 Å². The maximum absolute atomic E-state index is 6.23. The Kier molecular flexibility index (Phi) is 5.28. The molecule has 1 heterocycles. The maximum Gasteiger partial charge on any atom is 0.137 e. The average Bonchev–Trinajstić information content (AvgIpc) is 2.42. The third-order valence-corrected chi connectivity index (χ3v) is 4.09. The van der Waals surface area contributed by atoms with E-state index in [0.717, 1.165) is 25.3 Å². The molecule has 1 saturated heterocycles. The van der Waals surface area contributed by atoms with Crippen LogP contribution in [0, 0.1) is 6.92 Å². The van der Waals surface area contributed by atoms with Gasteiger partial charge < -0.3 is 14.8 Å². The predicted octanol–water partition coefficient (Wildman–Crippen LogP) is 3.44. The molecular formula is C18H29NO2. The van der Waals surface area contributed by atoms with E-state index in [9.17, 15) is 0 Å². The Morgan fingerprint density at radius 2 is 2.10 bits per heavy atom. The monoisotopic (exact) mass is 291 g/mol. The molecule has 1 fully saturated rings. The minimum atomic E-state index is 0.0953. The molecule has 0 bridgehead atoms. The number of benzene rings is 1. The van der Waals surface area contributed by atoms with E-state index in [0.29, 0.717) is 12.6 Å². The van der Waals surface area contributed by atoms with Crippen molar-refractivity contribution in [2.75, 3.05) is 19.8 Å². The van der Waals surface area contributed by atoms with E-state index in [1.165, 1.54) is 11.1 Å². The van der Waals surface area contributed by atoms with Crippen LogP contribution in [0.2, 0.25) is 0 Å². The van der Waals surface area contributed by atoms with E-state index in [-0.39, 0.29) is 11.5 Å². The Morgan fingerprint density at radius 3 is 2.71 bits per heavy atom. The van der Waals surface area contributed by atoms with Gasteiger partial charge in [0.05, 0.1) is 6.61 Å². The highest BCUT2D eigenvalue weighted by atomic mass is 16.5. The Morgan fingerprint density at radius 1 is 1.33 bits per heavy atom. The van der Waals surface area contributed by atoms with Crippen molar-refractivity contribution in [1.82, 2.24) is 5.32 Å². The normalized spacial score (nSPS) is 23.1. The fourth-order valence-corrected chi connectivity index (χ4v) is 2.73. The lowest BCUT2D eigenvalue weighted by Crippen LogP contribution is -2.49. The standard InChI is InChI=1S/C18H29NO2/c1-6-19-15-9-10-20-12-17(15)21-16-8-7-14(11-13(16)2)18(3,4)5/h7-8,11,15,17,19H,6,9-10,12H2,1-5H3. The van der Waals surface area contributed by atoms with Gasteiger partial charge in [0.1, 0.15) is 11.9 Å². The molecular weight excluding hydrogens is 262 g/mol. The molecule has 0 saturated carbocycles. The molecule has 1 aliphatic heterocycles. The Hall–Kier alpha value is -1.06. The number of rotatable bonds is 4.